The summed E-state index contributed by atoms with van der Waals surface area (Å²) in [6, 6.07) is 11.3. The third kappa shape index (κ3) is 2.91. The molecule has 6 heteroatoms. The number of nitrogens with zero attached hydrogens (tertiary/aromatic N) is 3. The van der Waals surface area contributed by atoms with Gasteiger partial charge in [-0.15, -0.1) is 0 Å². The summed E-state index contributed by atoms with van der Waals surface area (Å²) in [5, 5.41) is 7.92. The van der Waals surface area contributed by atoms with Gasteiger partial charge < -0.3 is 4.90 Å². The van der Waals surface area contributed by atoms with Gasteiger partial charge in [-0.3, -0.25) is 14.6 Å². The summed E-state index contributed by atoms with van der Waals surface area (Å²) < 4.78 is 0. The lowest BCUT2D eigenvalue weighted by atomic mass is 10.1. The highest BCUT2D eigenvalue weighted by atomic mass is 16.2. The van der Waals surface area contributed by atoms with Gasteiger partial charge in [-0.25, -0.2) is 5.10 Å². The van der Waals surface area contributed by atoms with Gasteiger partial charge in [0.2, 0.25) is 5.91 Å². The van der Waals surface area contributed by atoms with Crippen molar-refractivity contribution in [1.82, 2.24) is 20.1 Å². The highest BCUT2D eigenvalue weighted by molar-refractivity contribution is 5.88. The van der Waals surface area contributed by atoms with Crippen LogP contribution in [0, 0.1) is 0 Å². The van der Waals surface area contributed by atoms with E-state index in [9.17, 15) is 9.59 Å². The fourth-order valence-corrected chi connectivity index (χ4v) is 3.55. The van der Waals surface area contributed by atoms with Crippen molar-refractivity contribution in [2.24, 2.45) is 0 Å². The number of rotatable bonds is 3. The van der Waals surface area contributed by atoms with Gasteiger partial charge in [0.15, 0.2) is 0 Å². The minimum atomic E-state index is -0.234. The SMILES string of the molecule is O=C(Cc1n[nH]c(=O)c2ccccc12)N1CCCC1c1ccncc1. The van der Waals surface area contributed by atoms with E-state index in [1.54, 1.807) is 18.5 Å². The zero-order chi connectivity index (χ0) is 17.2. The van der Waals surface area contributed by atoms with Crippen LogP contribution in [0.4, 0.5) is 0 Å². The Hall–Kier alpha value is -3.02. The van der Waals surface area contributed by atoms with Crippen LogP contribution in [0.5, 0.6) is 0 Å². The Kier molecular flexibility index (Phi) is 4.01. The van der Waals surface area contributed by atoms with E-state index in [1.807, 2.05) is 35.2 Å². The van der Waals surface area contributed by atoms with E-state index in [1.165, 1.54) is 0 Å². The summed E-state index contributed by atoms with van der Waals surface area (Å²) in [7, 11) is 0. The van der Waals surface area contributed by atoms with Crippen molar-refractivity contribution in [3.05, 3.63) is 70.4 Å². The largest absolute Gasteiger partial charge is 0.335 e. The third-order valence-corrected chi connectivity index (χ3v) is 4.76. The molecule has 1 atom stereocenters. The summed E-state index contributed by atoms with van der Waals surface area (Å²) in [5.74, 6) is 0.0315. The first-order valence-corrected chi connectivity index (χ1v) is 8.40. The Morgan fingerprint density at radius 3 is 2.72 bits per heavy atom. The normalized spacial score (nSPS) is 17.1. The van der Waals surface area contributed by atoms with Gasteiger partial charge in [0, 0.05) is 24.3 Å². The molecule has 1 unspecified atom stereocenters. The molecular weight excluding hydrogens is 316 g/mol. The number of carbonyl (C=O) groups excluding carboxylic acids is 1. The first-order chi connectivity index (χ1) is 12.2. The van der Waals surface area contributed by atoms with E-state index >= 15 is 0 Å². The molecule has 126 valence electrons. The van der Waals surface area contributed by atoms with Crippen molar-refractivity contribution in [3.63, 3.8) is 0 Å². The zero-order valence-electron chi connectivity index (χ0n) is 13.7. The Balaban J connectivity index is 1.62. The van der Waals surface area contributed by atoms with Gasteiger partial charge in [-0.1, -0.05) is 18.2 Å². The van der Waals surface area contributed by atoms with Gasteiger partial charge in [-0.05, 0) is 36.6 Å². The average Bonchev–Trinajstić information content (AvgIpc) is 3.15. The fraction of sp³-hybridized carbons (Fsp3) is 0.263. The van der Waals surface area contributed by atoms with Gasteiger partial charge in [0.1, 0.15) is 0 Å². The molecule has 0 spiro atoms. The molecule has 0 radical (unpaired) electrons. The molecule has 2 aromatic heterocycles. The second kappa shape index (κ2) is 6.47. The maximum atomic E-state index is 12.9. The molecule has 0 saturated carbocycles. The molecule has 25 heavy (non-hydrogen) atoms. The average molecular weight is 334 g/mol. The third-order valence-electron chi connectivity index (χ3n) is 4.76. The first-order valence-electron chi connectivity index (χ1n) is 8.40. The van der Waals surface area contributed by atoms with Crippen molar-refractivity contribution in [1.29, 1.82) is 0 Å². The van der Waals surface area contributed by atoms with Crippen molar-refractivity contribution in [2.45, 2.75) is 25.3 Å². The molecule has 1 aliphatic heterocycles. The van der Waals surface area contributed by atoms with E-state index < -0.39 is 0 Å². The Morgan fingerprint density at radius 1 is 1.16 bits per heavy atom. The molecule has 0 bridgehead atoms. The van der Waals surface area contributed by atoms with Gasteiger partial charge in [0.25, 0.3) is 5.56 Å². The number of aromatic nitrogens is 3. The van der Waals surface area contributed by atoms with Crippen LogP contribution in [0.25, 0.3) is 10.8 Å². The van der Waals surface area contributed by atoms with Gasteiger partial charge in [0.05, 0.1) is 23.5 Å². The lowest BCUT2D eigenvalue weighted by Crippen LogP contribution is -2.32. The Labute approximate surface area is 144 Å². The Bertz CT molecular complexity index is 968. The minimum Gasteiger partial charge on any atom is -0.335 e. The van der Waals surface area contributed by atoms with Crippen molar-refractivity contribution < 1.29 is 4.79 Å². The topological polar surface area (TPSA) is 79.0 Å². The van der Waals surface area contributed by atoms with Crippen LogP contribution in [0.2, 0.25) is 0 Å². The smallest absolute Gasteiger partial charge is 0.272 e. The van der Waals surface area contributed by atoms with Crippen LogP contribution in [0.15, 0.2) is 53.6 Å². The summed E-state index contributed by atoms with van der Waals surface area (Å²) in [4.78, 5) is 30.8. The van der Waals surface area contributed by atoms with E-state index in [0.29, 0.717) is 11.1 Å². The summed E-state index contributed by atoms with van der Waals surface area (Å²) in [5.41, 5.74) is 1.49. The number of H-pyrrole nitrogens is 1. The second-order valence-corrected chi connectivity index (χ2v) is 6.25. The summed E-state index contributed by atoms with van der Waals surface area (Å²) in [6.07, 6.45) is 5.63. The molecule has 6 nitrogen and oxygen atoms in total. The predicted octanol–water partition coefficient (Wildman–Crippen LogP) is 2.22. The van der Waals surface area contributed by atoms with Crippen molar-refractivity contribution in [3.8, 4) is 0 Å². The molecule has 4 rings (SSSR count). The number of fused-ring (bicyclic) bond motifs is 1. The summed E-state index contributed by atoms with van der Waals surface area (Å²) >= 11 is 0. The quantitative estimate of drug-likeness (QED) is 0.796. The number of nitrogens with one attached hydrogen (secondary N) is 1. The molecule has 1 N–H and O–H groups in total. The molecular formula is C19H18N4O2. The molecule has 3 heterocycles. The van der Waals surface area contributed by atoms with E-state index in [-0.39, 0.29) is 23.9 Å². The zero-order valence-corrected chi connectivity index (χ0v) is 13.7. The van der Waals surface area contributed by atoms with Crippen LogP contribution in [0.1, 0.15) is 30.1 Å². The molecule has 3 aromatic rings. The minimum absolute atomic E-state index is 0.0315. The van der Waals surface area contributed by atoms with E-state index in [2.05, 4.69) is 15.2 Å². The van der Waals surface area contributed by atoms with Crippen LogP contribution in [-0.4, -0.2) is 32.5 Å². The lowest BCUT2D eigenvalue weighted by molar-refractivity contribution is -0.131. The molecule has 1 amide bonds. The maximum absolute atomic E-state index is 12.9. The summed E-state index contributed by atoms with van der Waals surface area (Å²) in [6.45, 7) is 0.743. The van der Waals surface area contributed by atoms with Crippen LogP contribution in [0.3, 0.4) is 0 Å². The van der Waals surface area contributed by atoms with Gasteiger partial charge in [-0.2, -0.15) is 5.10 Å². The number of amides is 1. The Morgan fingerprint density at radius 2 is 1.92 bits per heavy atom. The van der Waals surface area contributed by atoms with Gasteiger partial charge >= 0.3 is 0 Å². The van der Waals surface area contributed by atoms with Crippen LogP contribution >= 0.6 is 0 Å². The maximum Gasteiger partial charge on any atom is 0.272 e. The number of carbonyl (C=O) groups is 1. The number of likely N-dealkylation sites (tertiary alicyclic amines) is 1. The second-order valence-electron chi connectivity index (χ2n) is 6.25. The monoisotopic (exact) mass is 334 g/mol. The molecule has 1 saturated heterocycles. The van der Waals surface area contributed by atoms with Crippen molar-refractivity contribution >= 4 is 16.7 Å². The predicted molar refractivity (Wildman–Crippen MR) is 94.0 cm³/mol. The number of benzene rings is 1. The molecule has 1 aliphatic rings. The number of aromatic amines is 1. The van der Waals surface area contributed by atoms with Crippen LogP contribution < -0.4 is 5.56 Å². The lowest BCUT2D eigenvalue weighted by Gasteiger charge is -2.25. The standard InChI is InChI=1S/C19H18N4O2/c24-18(23-11-3-6-17(23)13-7-9-20-10-8-13)12-16-14-4-1-2-5-15(14)19(25)22-21-16/h1-2,4-5,7-10,17H,3,6,11-12H2,(H,22,25). The molecule has 1 aromatic carbocycles. The van der Waals surface area contributed by atoms with E-state index in [0.717, 1.165) is 30.3 Å². The number of pyridine rings is 1. The number of hydrogen-bond acceptors (Lipinski definition) is 4. The first kappa shape index (κ1) is 15.5. The molecule has 1 fully saturated rings. The fourth-order valence-electron chi connectivity index (χ4n) is 3.55. The van der Waals surface area contributed by atoms with Crippen molar-refractivity contribution in [2.75, 3.05) is 6.54 Å². The van der Waals surface area contributed by atoms with E-state index in [4.69, 9.17) is 0 Å². The number of hydrogen-bond donors (Lipinski definition) is 1. The van der Waals surface area contributed by atoms with Crippen LogP contribution in [-0.2, 0) is 11.2 Å². The molecule has 0 aliphatic carbocycles. The highest BCUT2D eigenvalue weighted by Gasteiger charge is 2.30. The highest BCUT2D eigenvalue weighted by Crippen LogP contribution is 2.32.